The number of ether oxygens (including phenoxy) is 1. The molecule has 1 aromatic carbocycles. The van der Waals surface area contributed by atoms with Gasteiger partial charge in [-0.3, -0.25) is 4.79 Å². The highest BCUT2D eigenvalue weighted by Gasteiger charge is 2.11. The Morgan fingerprint density at radius 2 is 2.16 bits per heavy atom. The van der Waals surface area contributed by atoms with Crippen molar-refractivity contribution in [2.45, 2.75) is 33.4 Å². The van der Waals surface area contributed by atoms with Gasteiger partial charge in [0, 0.05) is 13.1 Å². The molecule has 1 rings (SSSR count). The van der Waals surface area contributed by atoms with Crippen LogP contribution in [0.15, 0.2) is 18.2 Å². The zero-order valence-corrected chi connectivity index (χ0v) is 11.7. The number of carbonyl (C=O) groups excluding carboxylic acids is 1. The fourth-order valence-electron chi connectivity index (χ4n) is 1.63. The van der Waals surface area contributed by atoms with Crippen molar-refractivity contribution in [3.8, 4) is 11.5 Å². The van der Waals surface area contributed by atoms with Crippen LogP contribution in [0.4, 0.5) is 0 Å². The molecule has 1 atom stereocenters. The Balaban J connectivity index is 2.58. The van der Waals surface area contributed by atoms with Gasteiger partial charge in [-0.15, -0.1) is 0 Å². The Bertz CT molecular complexity index is 421. The SMILES string of the molecule is CCNC(=O)C(C)NCc1ccc(O)c(OCC)c1. The molecule has 0 heterocycles. The predicted molar refractivity (Wildman–Crippen MR) is 74.3 cm³/mol. The van der Waals surface area contributed by atoms with Crippen molar-refractivity contribution < 1.29 is 14.6 Å². The van der Waals surface area contributed by atoms with Crippen LogP contribution in [0.3, 0.4) is 0 Å². The van der Waals surface area contributed by atoms with Crippen LogP contribution in [-0.2, 0) is 11.3 Å². The van der Waals surface area contributed by atoms with Gasteiger partial charge in [0.05, 0.1) is 12.6 Å². The maximum Gasteiger partial charge on any atom is 0.236 e. The summed E-state index contributed by atoms with van der Waals surface area (Å²) in [4.78, 5) is 11.5. The second-order valence-electron chi connectivity index (χ2n) is 4.23. The minimum atomic E-state index is -0.260. The van der Waals surface area contributed by atoms with E-state index in [2.05, 4.69) is 10.6 Å². The number of benzene rings is 1. The first-order valence-electron chi connectivity index (χ1n) is 6.54. The van der Waals surface area contributed by atoms with Gasteiger partial charge in [0.2, 0.25) is 5.91 Å². The molecule has 0 saturated heterocycles. The molecule has 0 radical (unpaired) electrons. The third-order valence-corrected chi connectivity index (χ3v) is 2.68. The molecule has 5 nitrogen and oxygen atoms in total. The molecule has 0 aliphatic rings. The standard InChI is InChI=1S/C14H22N2O3/c1-4-15-14(18)10(3)16-9-11-6-7-12(17)13(8-11)19-5-2/h6-8,10,16-17H,4-5,9H2,1-3H3,(H,15,18). The Morgan fingerprint density at radius 3 is 2.79 bits per heavy atom. The second-order valence-corrected chi connectivity index (χ2v) is 4.23. The highest BCUT2D eigenvalue weighted by atomic mass is 16.5. The van der Waals surface area contributed by atoms with E-state index in [9.17, 15) is 9.90 Å². The Morgan fingerprint density at radius 1 is 1.42 bits per heavy atom. The summed E-state index contributed by atoms with van der Waals surface area (Å²) in [5.41, 5.74) is 0.956. The number of hydrogen-bond donors (Lipinski definition) is 3. The molecule has 0 saturated carbocycles. The monoisotopic (exact) mass is 266 g/mol. The number of rotatable bonds is 7. The van der Waals surface area contributed by atoms with E-state index in [0.717, 1.165) is 5.56 Å². The summed E-state index contributed by atoms with van der Waals surface area (Å²) in [6.45, 7) is 7.23. The molecular formula is C14H22N2O3. The topological polar surface area (TPSA) is 70.6 Å². The van der Waals surface area contributed by atoms with E-state index < -0.39 is 0 Å². The molecule has 0 fully saturated rings. The summed E-state index contributed by atoms with van der Waals surface area (Å²) in [6.07, 6.45) is 0. The average Bonchev–Trinajstić information content (AvgIpc) is 2.39. The third-order valence-electron chi connectivity index (χ3n) is 2.68. The van der Waals surface area contributed by atoms with Crippen molar-refractivity contribution >= 4 is 5.91 Å². The summed E-state index contributed by atoms with van der Waals surface area (Å²) in [5.74, 6) is 0.571. The molecule has 1 unspecified atom stereocenters. The number of carbonyl (C=O) groups is 1. The fourth-order valence-corrected chi connectivity index (χ4v) is 1.63. The second kappa shape index (κ2) is 7.63. The van der Waals surface area contributed by atoms with Gasteiger partial charge in [-0.25, -0.2) is 0 Å². The maximum atomic E-state index is 11.5. The Hall–Kier alpha value is -1.75. The highest BCUT2D eigenvalue weighted by molar-refractivity contribution is 5.81. The van der Waals surface area contributed by atoms with Crippen LogP contribution in [0.2, 0.25) is 0 Å². The summed E-state index contributed by atoms with van der Waals surface area (Å²) < 4.78 is 5.31. The van der Waals surface area contributed by atoms with Crippen molar-refractivity contribution in [3.05, 3.63) is 23.8 Å². The molecule has 0 aliphatic carbocycles. The molecule has 1 aromatic rings. The normalized spacial score (nSPS) is 11.9. The van der Waals surface area contributed by atoms with Gasteiger partial charge in [-0.2, -0.15) is 0 Å². The molecule has 0 bridgehead atoms. The fraction of sp³-hybridized carbons (Fsp3) is 0.500. The number of likely N-dealkylation sites (N-methyl/N-ethyl adjacent to an activating group) is 1. The number of amides is 1. The predicted octanol–water partition coefficient (Wildman–Crippen LogP) is 1.41. The Kier molecular flexibility index (Phi) is 6.15. The van der Waals surface area contributed by atoms with Crippen LogP contribution < -0.4 is 15.4 Å². The molecule has 19 heavy (non-hydrogen) atoms. The third kappa shape index (κ3) is 4.79. The van der Waals surface area contributed by atoms with Gasteiger partial charge < -0.3 is 20.5 Å². The summed E-state index contributed by atoms with van der Waals surface area (Å²) in [6, 6.07) is 4.91. The van der Waals surface area contributed by atoms with Crippen molar-refractivity contribution in [2.75, 3.05) is 13.2 Å². The first kappa shape index (κ1) is 15.3. The van der Waals surface area contributed by atoms with Gasteiger partial charge in [0.25, 0.3) is 0 Å². The molecule has 1 amide bonds. The lowest BCUT2D eigenvalue weighted by Crippen LogP contribution is -2.41. The smallest absolute Gasteiger partial charge is 0.236 e. The minimum Gasteiger partial charge on any atom is -0.504 e. The van der Waals surface area contributed by atoms with E-state index in [4.69, 9.17) is 4.74 Å². The van der Waals surface area contributed by atoms with Crippen LogP contribution in [0.5, 0.6) is 11.5 Å². The van der Waals surface area contributed by atoms with Gasteiger partial charge >= 0.3 is 0 Å². The lowest BCUT2D eigenvalue weighted by molar-refractivity contribution is -0.122. The number of hydrogen-bond acceptors (Lipinski definition) is 4. The van der Waals surface area contributed by atoms with Crippen molar-refractivity contribution in [2.24, 2.45) is 0 Å². The van der Waals surface area contributed by atoms with Gasteiger partial charge in [0.1, 0.15) is 0 Å². The highest BCUT2D eigenvalue weighted by Crippen LogP contribution is 2.26. The molecule has 3 N–H and O–H groups in total. The van der Waals surface area contributed by atoms with Crippen molar-refractivity contribution in [3.63, 3.8) is 0 Å². The lowest BCUT2D eigenvalue weighted by atomic mass is 10.2. The quantitative estimate of drug-likeness (QED) is 0.698. The minimum absolute atomic E-state index is 0.0219. The van der Waals surface area contributed by atoms with Crippen molar-refractivity contribution in [1.29, 1.82) is 0 Å². The largest absolute Gasteiger partial charge is 0.504 e. The molecule has 0 aliphatic heterocycles. The molecule has 0 spiro atoms. The van der Waals surface area contributed by atoms with Crippen LogP contribution in [-0.4, -0.2) is 30.2 Å². The number of nitrogens with one attached hydrogen (secondary N) is 2. The zero-order chi connectivity index (χ0) is 14.3. The summed E-state index contributed by atoms with van der Waals surface area (Å²) in [7, 11) is 0. The summed E-state index contributed by atoms with van der Waals surface area (Å²) in [5, 5.41) is 15.5. The van der Waals surface area contributed by atoms with Crippen LogP contribution in [0.1, 0.15) is 26.3 Å². The first-order valence-corrected chi connectivity index (χ1v) is 6.54. The van der Waals surface area contributed by atoms with Crippen LogP contribution in [0, 0.1) is 0 Å². The van der Waals surface area contributed by atoms with Crippen molar-refractivity contribution in [1.82, 2.24) is 10.6 Å². The zero-order valence-electron chi connectivity index (χ0n) is 11.7. The lowest BCUT2D eigenvalue weighted by Gasteiger charge is -2.14. The van der Waals surface area contributed by atoms with Crippen LogP contribution >= 0.6 is 0 Å². The number of aromatic hydroxyl groups is 1. The van der Waals surface area contributed by atoms with Crippen LogP contribution in [0.25, 0.3) is 0 Å². The van der Waals surface area contributed by atoms with E-state index in [1.54, 1.807) is 18.2 Å². The summed E-state index contributed by atoms with van der Waals surface area (Å²) >= 11 is 0. The van der Waals surface area contributed by atoms with E-state index in [1.165, 1.54) is 0 Å². The maximum absolute atomic E-state index is 11.5. The van der Waals surface area contributed by atoms with E-state index in [-0.39, 0.29) is 17.7 Å². The molecule has 106 valence electrons. The van der Waals surface area contributed by atoms with Gasteiger partial charge in [0.15, 0.2) is 11.5 Å². The molecule has 5 heteroatoms. The molecule has 0 aromatic heterocycles. The van der Waals surface area contributed by atoms with Gasteiger partial charge in [-0.1, -0.05) is 6.07 Å². The van der Waals surface area contributed by atoms with E-state index >= 15 is 0 Å². The molecular weight excluding hydrogens is 244 g/mol. The first-order chi connectivity index (χ1) is 9.08. The number of phenols is 1. The number of phenolic OH excluding ortho intramolecular Hbond substituents is 1. The van der Waals surface area contributed by atoms with E-state index in [1.807, 2.05) is 20.8 Å². The van der Waals surface area contributed by atoms with Gasteiger partial charge in [-0.05, 0) is 38.5 Å². The average molecular weight is 266 g/mol. The van der Waals surface area contributed by atoms with E-state index in [0.29, 0.717) is 25.4 Å². The Labute approximate surface area is 114 Å².